The summed E-state index contributed by atoms with van der Waals surface area (Å²) >= 11 is 0. The summed E-state index contributed by atoms with van der Waals surface area (Å²) in [6.45, 7) is 10.3. The van der Waals surface area contributed by atoms with Crippen molar-refractivity contribution in [1.82, 2.24) is 19.7 Å². The fourth-order valence-electron chi connectivity index (χ4n) is 4.65. The van der Waals surface area contributed by atoms with Crippen molar-refractivity contribution in [1.29, 1.82) is 0 Å². The SMILES string of the molecule is CC(C)Nc1cc(Oc2ccc(NC(=O)Nc3cc(C(C)C)nn3-c3ccc4c(c3)CCN(C)C4)cc2)ccn1. The molecule has 40 heavy (non-hydrogen) atoms. The lowest BCUT2D eigenvalue weighted by Crippen LogP contribution is -2.26. The Morgan fingerprint density at radius 2 is 1.73 bits per heavy atom. The second-order valence-corrected chi connectivity index (χ2v) is 10.8. The van der Waals surface area contributed by atoms with Gasteiger partial charge in [0.1, 0.15) is 23.1 Å². The summed E-state index contributed by atoms with van der Waals surface area (Å²) in [4.78, 5) is 19.6. The number of nitrogens with zero attached hydrogens (tertiary/aromatic N) is 4. The molecule has 0 atom stereocenters. The van der Waals surface area contributed by atoms with Crippen LogP contribution in [0.15, 0.2) is 66.9 Å². The quantitative estimate of drug-likeness (QED) is 0.232. The molecule has 9 nitrogen and oxygen atoms in total. The number of urea groups is 1. The summed E-state index contributed by atoms with van der Waals surface area (Å²) in [6.07, 6.45) is 2.70. The molecule has 2 aromatic heterocycles. The number of benzene rings is 2. The molecule has 0 bridgehead atoms. The van der Waals surface area contributed by atoms with Gasteiger partial charge in [-0.05, 0) is 86.8 Å². The van der Waals surface area contributed by atoms with Crippen molar-refractivity contribution in [3.05, 3.63) is 83.7 Å². The van der Waals surface area contributed by atoms with E-state index in [1.54, 1.807) is 24.4 Å². The minimum Gasteiger partial charge on any atom is -0.457 e. The van der Waals surface area contributed by atoms with Crippen LogP contribution in [0.4, 0.5) is 22.1 Å². The van der Waals surface area contributed by atoms with Gasteiger partial charge in [-0.15, -0.1) is 0 Å². The first-order valence-corrected chi connectivity index (χ1v) is 13.7. The third kappa shape index (κ3) is 6.60. The Labute approximate surface area is 235 Å². The summed E-state index contributed by atoms with van der Waals surface area (Å²) in [7, 11) is 2.14. The lowest BCUT2D eigenvalue weighted by Gasteiger charge is -2.25. The minimum atomic E-state index is -0.344. The summed E-state index contributed by atoms with van der Waals surface area (Å²) in [5.74, 6) is 2.94. The van der Waals surface area contributed by atoms with E-state index in [1.165, 1.54) is 11.1 Å². The van der Waals surface area contributed by atoms with E-state index in [4.69, 9.17) is 9.84 Å². The van der Waals surface area contributed by atoms with Crippen molar-refractivity contribution >= 4 is 23.4 Å². The summed E-state index contributed by atoms with van der Waals surface area (Å²) < 4.78 is 7.79. The molecule has 0 saturated heterocycles. The lowest BCUT2D eigenvalue weighted by atomic mass is 9.99. The smallest absolute Gasteiger partial charge is 0.324 e. The van der Waals surface area contributed by atoms with Gasteiger partial charge in [0.25, 0.3) is 0 Å². The Kier molecular flexibility index (Phi) is 8.02. The zero-order chi connectivity index (χ0) is 28.2. The van der Waals surface area contributed by atoms with E-state index in [9.17, 15) is 4.79 Å². The Bertz CT molecular complexity index is 1480. The molecule has 0 saturated carbocycles. The number of hydrogen-bond acceptors (Lipinski definition) is 6. The van der Waals surface area contributed by atoms with Crippen molar-refractivity contribution in [3.63, 3.8) is 0 Å². The van der Waals surface area contributed by atoms with Gasteiger partial charge in [0.05, 0.1) is 11.4 Å². The van der Waals surface area contributed by atoms with Gasteiger partial charge in [0.15, 0.2) is 0 Å². The molecule has 5 rings (SSSR count). The van der Waals surface area contributed by atoms with Crippen molar-refractivity contribution in [2.45, 2.75) is 52.6 Å². The number of fused-ring (bicyclic) bond motifs is 1. The zero-order valence-electron chi connectivity index (χ0n) is 23.7. The highest BCUT2D eigenvalue weighted by Gasteiger charge is 2.18. The first kappa shape index (κ1) is 27.2. The van der Waals surface area contributed by atoms with Crippen LogP contribution in [-0.4, -0.2) is 45.3 Å². The Morgan fingerprint density at radius 3 is 2.48 bits per heavy atom. The molecule has 3 heterocycles. The van der Waals surface area contributed by atoms with Gasteiger partial charge in [-0.25, -0.2) is 14.5 Å². The van der Waals surface area contributed by atoms with Crippen molar-refractivity contribution in [2.75, 3.05) is 29.5 Å². The number of pyridine rings is 1. The van der Waals surface area contributed by atoms with E-state index in [0.717, 1.165) is 36.7 Å². The van der Waals surface area contributed by atoms with Gasteiger partial charge in [-0.1, -0.05) is 19.9 Å². The fraction of sp³-hybridized carbons (Fsp3) is 0.323. The van der Waals surface area contributed by atoms with E-state index in [2.05, 4.69) is 78.8 Å². The second kappa shape index (κ2) is 11.8. The molecule has 0 aliphatic carbocycles. The molecule has 0 spiro atoms. The van der Waals surface area contributed by atoms with Crippen molar-refractivity contribution < 1.29 is 9.53 Å². The predicted octanol–water partition coefficient (Wildman–Crippen LogP) is 6.64. The molecular formula is C31H37N7O2. The number of amides is 2. The molecule has 9 heteroatoms. The predicted molar refractivity (Wildman–Crippen MR) is 160 cm³/mol. The molecule has 1 aliphatic heterocycles. The second-order valence-electron chi connectivity index (χ2n) is 10.8. The van der Waals surface area contributed by atoms with Gasteiger partial charge in [-0.2, -0.15) is 5.10 Å². The zero-order valence-corrected chi connectivity index (χ0v) is 23.7. The summed E-state index contributed by atoms with van der Waals surface area (Å²) in [5, 5.41) is 14.0. The summed E-state index contributed by atoms with van der Waals surface area (Å²) in [5.41, 5.74) is 5.17. The maximum Gasteiger partial charge on any atom is 0.324 e. The van der Waals surface area contributed by atoms with E-state index < -0.39 is 0 Å². The van der Waals surface area contributed by atoms with Crippen LogP contribution in [0.2, 0.25) is 0 Å². The van der Waals surface area contributed by atoms with Gasteiger partial charge >= 0.3 is 6.03 Å². The normalized spacial score (nSPS) is 13.3. The van der Waals surface area contributed by atoms with Crippen LogP contribution in [0.5, 0.6) is 11.5 Å². The number of carbonyl (C=O) groups excluding carboxylic acids is 1. The minimum absolute atomic E-state index is 0.223. The number of hydrogen-bond donors (Lipinski definition) is 3. The van der Waals surface area contributed by atoms with Gasteiger partial charge in [0.2, 0.25) is 0 Å². The number of likely N-dealkylation sites (N-methyl/N-ethyl adjacent to an activating group) is 1. The largest absolute Gasteiger partial charge is 0.457 e. The Balaban J connectivity index is 1.27. The molecule has 0 radical (unpaired) electrons. The monoisotopic (exact) mass is 539 g/mol. The average Bonchev–Trinajstić information content (AvgIpc) is 3.33. The number of rotatable bonds is 8. The van der Waals surface area contributed by atoms with Crippen LogP contribution < -0.4 is 20.7 Å². The van der Waals surface area contributed by atoms with E-state index >= 15 is 0 Å². The number of aromatic nitrogens is 3. The molecule has 2 aromatic carbocycles. The maximum atomic E-state index is 13.0. The molecule has 0 fully saturated rings. The topological polar surface area (TPSA) is 96.3 Å². The number of carbonyl (C=O) groups is 1. The highest BCUT2D eigenvalue weighted by Crippen LogP contribution is 2.27. The van der Waals surface area contributed by atoms with Crippen LogP contribution >= 0.6 is 0 Å². The van der Waals surface area contributed by atoms with Crippen LogP contribution in [0, 0.1) is 0 Å². The molecule has 208 valence electrons. The first-order chi connectivity index (χ1) is 19.2. The number of anilines is 3. The fourth-order valence-corrected chi connectivity index (χ4v) is 4.65. The van der Waals surface area contributed by atoms with Crippen LogP contribution in [0.25, 0.3) is 5.69 Å². The standard InChI is InChI=1S/C31H37N7O2/c1-20(2)28-18-30(38(36-28)25-9-6-23-19-37(5)15-13-22(23)16-25)35-31(39)34-24-7-10-26(11-8-24)40-27-12-14-32-29(17-27)33-21(3)4/h6-12,14,16-18,20-21H,13,15,19H2,1-5H3,(H,32,33)(H2,34,35,39). The van der Waals surface area contributed by atoms with Gasteiger partial charge in [-0.3, -0.25) is 5.32 Å². The van der Waals surface area contributed by atoms with Crippen LogP contribution in [-0.2, 0) is 13.0 Å². The third-order valence-corrected chi connectivity index (χ3v) is 6.71. The van der Waals surface area contributed by atoms with Crippen molar-refractivity contribution in [2.24, 2.45) is 0 Å². The molecule has 2 amide bonds. The van der Waals surface area contributed by atoms with Crippen molar-refractivity contribution in [3.8, 4) is 17.2 Å². The van der Waals surface area contributed by atoms with E-state index in [-0.39, 0.29) is 18.0 Å². The summed E-state index contributed by atoms with van der Waals surface area (Å²) in [6, 6.07) is 19.2. The van der Waals surface area contributed by atoms with E-state index in [0.29, 0.717) is 23.0 Å². The van der Waals surface area contributed by atoms with Gasteiger partial charge in [0, 0.05) is 43.1 Å². The number of ether oxygens (including phenoxy) is 1. The average molecular weight is 540 g/mol. The number of nitrogens with one attached hydrogen (secondary N) is 3. The molecule has 4 aromatic rings. The highest BCUT2D eigenvalue weighted by molar-refractivity contribution is 5.99. The van der Waals surface area contributed by atoms with Crippen LogP contribution in [0.3, 0.4) is 0 Å². The Hall–Kier alpha value is -4.37. The molecule has 0 unspecified atom stereocenters. The van der Waals surface area contributed by atoms with Gasteiger partial charge < -0.3 is 20.3 Å². The van der Waals surface area contributed by atoms with Crippen LogP contribution in [0.1, 0.15) is 50.4 Å². The lowest BCUT2D eigenvalue weighted by molar-refractivity contribution is 0.262. The third-order valence-electron chi connectivity index (χ3n) is 6.71. The van der Waals surface area contributed by atoms with E-state index in [1.807, 2.05) is 28.9 Å². The Morgan fingerprint density at radius 1 is 0.925 bits per heavy atom. The maximum absolute atomic E-state index is 13.0. The molecule has 1 aliphatic rings. The first-order valence-electron chi connectivity index (χ1n) is 13.7. The highest BCUT2D eigenvalue weighted by atomic mass is 16.5. The molecule has 3 N–H and O–H groups in total. The molecular weight excluding hydrogens is 502 g/mol.